The number of aromatic nitrogens is 4. The van der Waals surface area contributed by atoms with Crippen molar-refractivity contribution in [3.05, 3.63) is 33.9 Å². The van der Waals surface area contributed by atoms with E-state index in [0.29, 0.717) is 16.8 Å². The zero-order valence-electron chi connectivity index (χ0n) is 11.0. The van der Waals surface area contributed by atoms with E-state index in [2.05, 4.69) is 25.3 Å². The summed E-state index contributed by atoms with van der Waals surface area (Å²) in [5.74, 6) is 0.583. The Bertz CT molecular complexity index is 640. The summed E-state index contributed by atoms with van der Waals surface area (Å²) in [7, 11) is 0. The van der Waals surface area contributed by atoms with Gasteiger partial charge in [0.15, 0.2) is 5.16 Å². The fourth-order valence-corrected chi connectivity index (χ4v) is 2.43. The van der Waals surface area contributed by atoms with Crippen molar-refractivity contribution in [2.45, 2.75) is 31.0 Å². The summed E-state index contributed by atoms with van der Waals surface area (Å²) in [4.78, 5) is 27.0. The third-order valence-electron chi connectivity index (χ3n) is 2.21. The number of rotatable bonds is 4. The number of aromatic amines is 1. The molecule has 2 aromatic heterocycles. The first-order chi connectivity index (χ1) is 9.06. The molecule has 0 atom stereocenters. The lowest BCUT2D eigenvalue weighted by Crippen LogP contribution is -2.08. The number of aryl methyl sites for hydroxylation is 2. The summed E-state index contributed by atoms with van der Waals surface area (Å²) >= 11 is 1.31. The minimum absolute atomic E-state index is 0.160. The molecule has 100 valence electrons. The second-order valence-electron chi connectivity index (χ2n) is 4.00. The van der Waals surface area contributed by atoms with Gasteiger partial charge in [-0.05, 0) is 38.6 Å². The van der Waals surface area contributed by atoms with Crippen LogP contribution in [0.2, 0.25) is 0 Å². The van der Waals surface area contributed by atoms with Crippen molar-refractivity contribution in [2.75, 3.05) is 11.9 Å². The van der Waals surface area contributed by atoms with Crippen LogP contribution >= 0.6 is 11.8 Å². The molecule has 7 heteroatoms. The first-order valence-corrected chi connectivity index (χ1v) is 6.74. The highest BCUT2D eigenvalue weighted by Crippen LogP contribution is 2.23. The Balaban J connectivity index is 2.29. The topological polar surface area (TPSA) is 83.6 Å². The summed E-state index contributed by atoms with van der Waals surface area (Å²) < 4.78 is 0. The highest BCUT2D eigenvalue weighted by Gasteiger charge is 2.06. The van der Waals surface area contributed by atoms with Gasteiger partial charge in [0, 0.05) is 24.0 Å². The molecular weight excluding hydrogens is 262 g/mol. The third-order valence-corrected chi connectivity index (χ3v) is 3.02. The molecule has 0 unspecified atom stereocenters. The van der Waals surface area contributed by atoms with Crippen LogP contribution in [-0.4, -0.2) is 26.5 Å². The molecule has 0 fully saturated rings. The Labute approximate surface area is 115 Å². The lowest BCUT2D eigenvalue weighted by atomic mass is 10.5. The van der Waals surface area contributed by atoms with Gasteiger partial charge in [-0.1, -0.05) is 0 Å². The molecule has 0 aliphatic carbocycles. The number of nitrogens with one attached hydrogen (secondary N) is 2. The number of nitrogens with zero attached hydrogens (tertiary/aromatic N) is 3. The first-order valence-electron chi connectivity index (χ1n) is 5.92. The van der Waals surface area contributed by atoms with E-state index in [0.717, 1.165) is 17.3 Å². The van der Waals surface area contributed by atoms with E-state index >= 15 is 0 Å². The molecule has 2 N–H and O–H groups in total. The summed E-state index contributed by atoms with van der Waals surface area (Å²) in [6.45, 7) is 6.43. The smallest absolute Gasteiger partial charge is 0.251 e. The van der Waals surface area contributed by atoms with E-state index in [1.165, 1.54) is 17.8 Å². The molecule has 0 aliphatic heterocycles. The van der Waals surface area contributed by atoms with Crippen LogP contribution in [0.5, 0.6) is 0 Å². The SMILES string of the molecule is CCNc1nc(C)cc(Sc2nc(C)cc(=O)[nH]2)n1. The van der Waals surface area contributed by atoms with Gasteiger partial charge in [-0.3, -0.25) is 4.79 Å². The van der Waals surface area contributed by atoms with Crippen molar-refractivity contribution < 1.29 is 0 Å². The molecule has 0 bridgehead atoms. The highest BCUT2D eigenvalue weighted by atomic mass is 32.2. The summed E-state index contributed by atoms with van der Waals surface area (Å²) in [5, 5.41) is 4.35. The van der Waals surface area contributed by atoms with Crippen molar-refractivity contribution in [3.63, 3.8) is 0 Å². The average Bonchev–Trinajstić information content (AvgIpc) is 2.26. The van der Waals surface area contributed by atoms with Crippen LogP contribution in [0.3, 0.4) is 0 Å². The number of H-pyrrole nitrogens is 1. The van der Waals surface area contributed by atoms with Gasteiger partial charge in [0.25, 0.3) is 5.56 Å². The molecule has 0 aromatic carbocycles. The van der Waals surface area contributed by atoms with Crippen LogP contribution in [0.4, 0.5) is 5.95 Å². The largest absolute Gasteiger partial charge is 0.354 e. The van der Waals surface area contributed by atoms with Gasteiger partial charge in [-0.15, -0.1) is 0 Å². The van der Waals surface area contributed by atoms with Crippen molar-refractivity contribution in [1.29, 1.82) is 0 Å². The van der Waals surface area contributed by atoms with Crippen LogP contribution in [0.15, 0.2) is 27.1 Å². The van der Waals surface area contributed by atoms with Crippen molar-refractivity contribution in [1.82, 2.24) is 19.9 Å². The fraction of sp³-hybridized carbons (Fsp3) is 0.333. The predicted molar refractivity (Wildman–Crippen MR) is 74.7 cm³/mol. The van der Waals surface area contributed by atoms with Crippen molar-refractivity contribution in [2.24, 2.45) is 0 Å². The van der Waals surface area contributed by atoms with Gasteiger partial charge in [-0.2, -0.15) is 0 Å². The summed E-state index contributed by atoms with van der Waals surface area (Å²) in [5.41, 5.74) is 1.39. The molecule has 2 aromatic rings. The van der Waals surface area contributed by atoms with Gasteiger partial charge in [0.1, 0.15) is 5.03 Å². The first kappa shape index (κ1) is 13.5. The Morgan fingerprint density at radius 1 is 1.21 bits per heavy atom. The van der Waals surface area contributed by atoms with E-state index in [1.54, 1.807) is 6.92 Å². The minimum Gasteiger partial charge on any atom is -0.354 e. The molecule has 0 saturated carbocycles. The maximum Gasteiger partial charge on any atom is 0.251 e. The van der Waals surface area contributed by atoms with E-state index in [1.807, 2.05) is 19.9 Å². The Morgan fingerprint density at radius 2 is 1.95 bits per heavy atom. The van der Waals surface area contributed by atoms with Crippen molar-refractivity contribution in [3.8, 4) is 0 Å². The number of anilines is 1. The van der Waals surface area contributed by atoms with Gasteiger partial charge in [0.2, 0.25) is 5.95 Å². The molecular formula is C12H15N5OS. The maximum atomic E-state index is 11.4. The second kappa shape index (κ2) is 5.83. The molecule has 0 spiro atoms. The normalized spacial score (nSPS) is 10.5. The van der Waals surface area contributed by atoms with Gasteiger partial charge in [0.05, 0.1) is 0 Å². The van der Waals surface area contributed by atoms with Crippen LogP contribution in [-0.2, 0) is 0 Å². The Morgan fingerprint density at radius 3 is 2.63 bits per heavy atom. The summed E-state index contributed by atoms with van der Waals surface area (Å²) in [6, 6.07) is 3.31. The molecule has 0 radical (unpaired) electrons. The molecule has 0 amide bonds. The van der Waals surface area contributed by atoms with Gasteiger partial charge in [-0.25, -0.2) is 15.0 Å². The van der Waals surface area contributed by atoms with Crippen LogP contribution in [0.1, 0.15) is 18.3 Å². The monoisotopic (exact) mass is 277 g/mol. The second-order valence-corrected chi connectivity index (χ2v) is 5.00. The molecule has 0 saturated heterocycles. The van der Waals surface area contributed by atoms with Crippen LogP contribution in [0, 0.1) is 13.8 Å². The molecule has 0 aliphatic rings. The summed E-state index contributed by atoms with van der Waals surface area (Å²) in [6.07, 6.45) is 0. The van der Waals surface area contributed by atoms with E-state index in [4.69, 9.17) is 0 Å². The lowest BCUT2D eigenvalue weighted by Gasteiger charge is -2.06. The van der Waals surface area contributed by atoms with E-state index in [9.17, 15) is 4.79 Å². The van der Waals surface area contributed by atoms with E-state index in [-0.39, 0.29) is 5.56 Å². The third kappa shape index (κ3) is 3.78. The lowest BCUT2D eigenvalue weighted by molar-refractivity contribution is 0.898. The zero-order valence-corrected chi connectivity index (χ0v) is 11.8. The van der Waals surface area contributed by atoms with Gasteiger partial charge < -0.3 is 10.3 Å². The minimum atomic E-state index is -0.160. The number of hydrogen-bond donors (Lipinski definition) is 2. The molecule has 6 nitrogen and oxygen atoms in total. The highest BCUT2D eigenvalue weighted by molar-refractivity contribution is 7.99. The molecule has 2 heterocycles. The zero-order chi connectivity index (χ0) is 13.8. The number of hydrogen-bond acceptors (Lipinski definition) is 6. The van der Waals surface area contributed by atoms with Crippen LogP contribution in [0.25, 0.3) is 0 Å². The standard InChI is InChI=1S/C12H15N5OS/c1-4-13-11-14-8(3)6-10(17-11)19-12-15-7(2)5-9(18)16-12/h5-6H,4H2,1-3H3,(H,13,14,17)(H,15,16,18). The fourth-order valence-electron chi connectivity index (χ4n) is 1.53. The van der Waals surface area contributed by atoms with Gasteiger partial charge >= 0.3 is 0 Å². The van der Waals surface area contributed by atoms with E-state index < -0.39 is 0 Å². The molecule has 19 heavy (non-hydrogen) atoms. The maximum absolute atomic E-state index is 11.4. The predicted octanol–water partition coefficient (Wildman–Crippen LogP) is 1.76. The Hall–Kier alpha value is -1.89. The Kier molecular flexibility index (Phi) is 4.16. The van der Waals surface area contributed by atoms with Crippen molar-refractivity contribution >= 4 is 17.7 Å². The molecule has 2 rings (SSSR count). The van der Waals surface area contributed by atoms with Crippen LogP contribution < -0.4 is 10.9 Å². The average molecular weight is 277 g/mol. The quantitative estimate of drug-likeness (QED) is 0.654.